The van der Waals surface area contributed by atoms with Crippen LogP contribution in [0.5, 0.6) is 11.5 Å². The first-order chi connectivity index (χ1) is 44.7. The molecule has 508 valence electrons. The summed E-state index contributed by atoms with van der Waals surface area (Å²) in [6, 6.07) is 20.9. The highest BCUT2D eigenvalue weighted by molar-refractivity contribution is 5.94. The first-order valence-corrected chi connectivity index (χ1v) is 31.6. The fraction of sp³-hybridized carbons (Fsp3) is 0.493. The van der Waals surface area contributed by atoms with Crippen LogP contribution in [0.25, 0.3) is 17.1 Å². The number of aromatic amines is 1. The van der Waals surface area contributed by atoms with Crippen LogP contribution in [0.2, 0.25) is 0 Å². The van der Waals surface area contributed by atoms with Gasteiger partial charge in [0, 0.05) is 76.0 Å². The number of carbonyl (C=O) groups is 7. The van der Waals surface area contributed by atoms with Gasteiger partial charge in [-0.15, -0.1) is 0 Å². The van der Waals surface area contributed by atoms with Crippen LogP contribution in [-0.2, 0) is 58.9 Å². The summed E-state index contributed by atoms with van der Waals surface area (Å²) in [6.45, 7) is 16.1. The van der Waals surface area contributed by atoms with E-state index in [1.807, 2.05) is 18.7 Å². The number of piperazine rings is 1. The van der Waals surface area contributed by atoms with Crippen molar-refractivity contribution in [2.24, 2.45) is 16.7 Å². The first kappa shape index (κ1) is 69.0. The van der Waals surface area contributed by atoms with Crippen molar-refractivity contribution in [1.29, 1.82) is 0 Å². The Hall–Kier alpha value is -8.82. The van der Waals surface area contributed by atoms with E-state index >= 15 is 14.0 Å². The van der Waals surface area contributed by atoms with Gasteiger partial charge >= 0.3 is 35.7 Å². The van der Waals surface area contributed by atoms with Crippen LogP contribution in [0.15, 0.2) is 107 Å². The van der Waals surface area contributed by atoms with Crippen LogP contribution < -0.4 is 11.0 Å². The fourth-order valence-electron chi connectivity index (χ4n) is 14.4. The maximum absolute atomic E-state index is 16.0. The summed E-state index contributed by atoms with van der Waals surface area (Å²) in [5.74, 6) is -8.60. The molecule has 4 aromatic carbocycles. The van der Waals surface area contributed by atoms with E-state index in [4.69, 9.17) is 28.4 Å². The molecule has 0 unspecified atom stereocenters. The van der Waals surface area contributed by atoms with Crippen LogP contribution in [0.3, 0.4) is 0 Å². The maximum Gasteiger partial charge on any atom is 0.408 e. The Morgan fingerprint density at radius 3 is 2.15 bits per heavy atom. The second-order valence-corrected chi connectivity index (χ2v) is 27.2. The number of nitrogens with zero attached hydrogens (tertiary/aromatic N) is 4. The molecule has 2 amide bonds. The van der Waals surface area contributed by atoms with Crippen molar-refractivity contribution in [3.05, 3.63) is 141 Å². The molecule has 3 heterocycles. The molecule has 10 rings (SSSR count). The Kier molecular flexibility index (Phi) is 19.2. The molecule has 3 aliphatic carbocycles. The molecule has 1 aromatic heterocycles. The van der Waals surface area contributed by atoms with E-state index < -0.39 is 149 Å². The fourth-order valence-corrected chi connectivity index (χ4v) is 14.4. The Morgan fingerprint density at radius 1 is 0.874 bits per heavy atom. The predicted molar refractivity (Wildman–Crippen MR) is 336 cm³/mol. The number of rotatable bonds is 17. The number of hydrogen-bond donors (Lipinski definition) is 7. The molecule has 11 atom stereocenters. The summed E-state index contributed by atoms with van der Waals surface area (Å²) in [4.78, 5) is 117. The van der Waals surface area contributed by atoms with Gasteiger partial charge in [-0.25, -0.2) is 33.2 Å². The quantitative estimate of drug-likeness (QED) is 0.0312. The number of aliphatic hydroxyl groups excluding tert-OH is 2. The Labute approximate surface area is 547 Å². The van der Waals surface area contributed by atoms with Crippen molar-refractivity contribution in [3.8, 4) is 28.6 Å². The summed E-state index contributed by atoms with van der Waals surface area (Å²) in [6.07, 6.45) is -13.5. The molecule has 4 fully saturated rings. The van der Waals surface area contributed by atoms with Gasteiger partial charge in [0.15, 0.2) is 17.2 Å². The number of Topliss-reactive ketones (excluding diaryl/α,β-unsaturated/α-hetero) is 1. The highest BCUT2D eigenvalue weighted by atomic mass is 19.1. The third kappa shape index (κ3) is 13.1. The number of ether oxygens (including phenoxy) is 6. The van der Waals surface area contributed by atoms with Gasteiger partial charge in [0.1, 0.15) is 59.0 Å². The monoisotopic (exact) mass is 1320 g/mol. The zero-order valence-corrected chi connectivity index (χ0v) is 54.5. The van der Waals surface area contributed by atoms with Gasteiger partial charge in [-0.05, 0) is 93.1 Å². The number of amides is 2. The smallest absolute Gasteiger partial charge is 0.408 e. The van der Waals surface area contributed by atoms with Gasteiger partial charge in [0.2, 0.25) is 12.0 Å². The zero-order chi connectivity index (χ0) is 69.0. The average Bonchev–Trinajstić information content (AvgIpc) is 0.946. The molecule has 0 spiro atoms. The summed E-state index contributed by atoms with van der Waals surface area (Å²) < 4.78 is 53.6. The highest BCUT2D eigenvalue weighted by Crippen LogP contribution is 2.64. The minimum atomic E-state index is -2.51. The number of aromatic hydroxyl groups is 2. The van der Waals surface area contributed by atoms with Crippen LogP contribution in [0.4, 0.5) is 9.18 Å². The molecule has 2 bridgehead atoms. The van der Waals surface area contributed by atoms with Gasteiger partial charge in [0.25, 0.3) is 0 Å². The largest absolute Gasteiger partial charge is 0.508 e. The number of esters is 4. The molecular formula is C69H81FN6O19. The number of aromatic nitrogens is 3. The number of ketones is 1. The Bertz CT molecular complexity index is 3900. The number of phenols is 2. The second-order valence-electron chi connectivity index (χ2n) is 27.2. The van der Waals surface area contributed by atoms with Gasteiger partial charge < -0.3 is 64.2 Å². The number of H-pyrrole nitrogens is 1. The normalized spacial score (nSPS) is 26.3. The lowest BCUT2D eigenvalue weighted by Gasteiger charge is -2.67. The van der Waals surface area contributed by atoms with Crippen LogP contribution in [0, 0.1) is 22.6 Å². The topological polar surface area (TPSA) is 345 Å². The van der Waals surface area contributed by atoms with Gasteiger partial charge in [0.05, 0.1) is 47.3 Å². The van der Waals surface area contributed by atoms with Gasteiger partial charge in [-0.3, -0.25) is 24.1 Å². The van der Waals surface area contributed by atoms with Crippen LogP contribution in [0.1, 0.15) is 134 Å². The number of phenolic OH excluding ortho intramolecular Hbond substituents is 2. The van der Waals surface area contributed by atoms with Crippen LogP contribution in [-0.4, -0.2) is 178 Å². The third-order valence-corrected chi connectivity index (χ3v) is 19.4. The number of benzene rings is 4. The number of fused-ring (bicyclic) bond motifs is 5. The van der Waals surface area contributed by atoms with E-state index in [1.54, 1.807) is 57.2 Å². The van der Waals surface area contributed by atoms with E-state index in [1.165, 1.54) is 81.1 Å². The number of carbonyl (C=O) groups excluding carboxylic acids is 7. The van der Waals surface area contributed by atoms with E-state index in [9.17, 15) is 54.3 Å². The minimum Gasteiger partial charge on any atom is -0.508 e. The standard InChI is InChI=1S/C69H81FN6O19/c1-36(2)43-30-44(47(79)31-46(43)78)60-72-73-63(87)76(60)42-22-21-41(45(70)29-42)34-74-25-27-75(28-26-74)51(81)23-24-52(82)92-56(54(39-17-13-11-14-18-39)71-64(88)95-65(5,6)7)62(86)91-48-33-69(89)59(93-61(85)40-19-15-12-16-20-40)57-67(10,58(84)55(83)53(37(48)3)66(69,8)9)49(80)32-50-68(57,35-90-50)94-38(4)77/h11-22,29-31,36,48-50,54-57,59,78-80,83,89H,23-28,32-35H2,1-10H3,(H,71,88)(H,73,87)/t48-,49-,50+,54-,55+,56+,57-,59-,67+,68-,69+/m0/s1. The second kappa shape index (κ2) is 26.4. The SMILES string of the molecule is CC(=O)O[C@@]12CO[C@@H]1C[C@H](O)[C@@]1(C)C(=O)[C@H](O)C3=C(C)[C@@H](OC(=O)[C@H](OC(=O)CCC(=O)N4CCN(Cc5ccc(-n6c(-c7cc(C(C)C)c(O)cc7O)n[nH]c6=O)cc5F)CC4)[C@@H](NC(=O)OC(C)(C)C)c4ccccc4)C[C@@](O)([C@@H](OC(=O)c4ccccc4)[C@H]21)C3(C)C. The molecule has 0 radical (unpaired) electrons. The highest BCUT2D eigenvalue weighted by Gasteiger charge is 2.78. The van der Waals surface area contributed by atoms with E-state index in [2.05, 4.69) is 15.5 Å². The minimum absolute atomic E-state index is 0.00779. The number of aliphatic hydroxyl groups is 3. The van der Waals surface area contributed by atoms with Gasteiger partial charge in [-0.2, -0.15) is 5.10 Å². The molecule has 5 aliphatic rings. The average molecular weight is 1320 g/mol. The summed E-state index contributed by atoms with van der Waals surface area (Å²) in [5.41, 5.74) is -8.88. The molecule has 25 nitrogen and oxygen atoms in total. The van der Waals surface area contributed by atoms with Crippen molar-refractivity contribution in [1.82, 2.24) is 29.9 Å². The Morgan fingerprint density at radius 2 is 1.54 bits per heavy atom. The van der Waals surface area contributed by atoms with Crippen molar-refractivity contribution in [2.75, 3.05) is 32.8 Å². The lowest BCUT2D eigenvalue weighted by atomic mass is 9.44. The lowest BCUT2D eigenvalue weighted by molar-refractivity contribution is -0.346. The molecule has 95 heavy (non-hydrogen) atoms. The summed E-state index contributed by atoms with van der Waals surface area (Å²) >= 11 is 0. The molecule has 2 saturated carbocycles. The van der Waals surface area contributed by atoms with E-state index in [-0.39, 0.29) is 95.0 Å². The zero-order valence-electron chi connectivity index (χ0n) is 54.5. The van der Waals surface area contributed by atoms with Crippen LogP contribution >= 0.6 is 0 Å². The van der Waals surface area contributed by atoms with E-state index in [0.717, 1.165) is 17.6 Å². The molecule has 7 N–H and O–H groups in total. The first-order valence-electron chi connectivity index (χ1n) is 31.6. The molecule has 26 heteroatoms. The van der Waals surface area contributed by atoms with Crippen molar-refractivity contribution < 1.29 is 91.9 Å². The third-order valence-electron chi connectivity index (χ3n) is 19.4. The van der Waals surface area contributed by atoms with E-state index in [0.29, 0.717) is 18.7 Å². The summed E-state index contributed by atoms with van der Waals surface area (Å²) in [7, 11) is 0. The molecule has 5 aromatic rings. The number of nitrogens with one attached hydrogen (secondary N) is 2. The van der Waals surface area contributed by atoms with Crippen molar-refractivity contribution in [3.63, 3.8) is 0 Å². The number of halogens is 1. The lowest BCUT2D eigenvalue weighted by Crippen LogP contribution is -2.81. The molecule has 2 saturated heterocycles. The predicted octanol–water partition coefficient (Wildman–Crippen LogP) is 6.15. The number of hydrogen-bond acceptors (Lipinski definition) is 21. The molecular weight excluding hydrogens is 1240 g/mol. The van der Waals surface area contributed by atoms with Crippen molar-refractivity contribution >= 4 is 41.7 Å². The van der Waals surface area contributed by atoms with Crippen molar-refractivity contribution in [2.45, 2.75) is 167 Å². The van der Waals surface area contributed by atoms with Gasteiger partial charge in [-0.1, -0.05) is 82.3 Å². The molecule has 2 aliphatic heterocycles. The number of alkyl carbamates (subject to hydrolysis) is 1. The summed E-state index contributed by atoms with van der Waals surface area (Å²) in [5, 5.41) is 68.9. The maximum atomic E-state index is 16.0. The Balaban J connectivity index is 0.898.